The van der Waals surface area contributed by atoms with Crippen molar-refractivity contribution in [3.63, 3.8) is 0 Å². The van der Waals surface area contributed by atoms with Crippen LogP contribution in [0.3, 0.4) is 0 Å². The Balaban J connectivity index is 1.59. The molecule has 5 N–H and O–H groups in total. The molecule has 0 saturated carbocycles. The van der Waals surface area contributed by atoms with Crippen molar-refractivity contribution in [2.75, 3.05) is 5.32 Å². The highest BCUT2D eigenvalue weighted by molar-refractivity contribution is 8.26. The van der Waals surface area contributed by atoms with Gasteiger partial charge in [0.1, 0.15) is 10.4 Å². The van der Waals surface area contributed by atoms with E-state index < -0.39 is 23.9 Å². The van der Waals surface area contributed by atoms with Crippen LogP contribution in [0.1, 0.15) is 34.3 Å². The molecule has 0 aliphatic carbocycles. The Morgan fingerprint density at radius 2 is 1.85 bits per heavy atom. The molecule has 0 radical (unpaired) electrons. The first-order chi connectivity index (χ1) is 16.2. The Labute approximate surface area is 204 Å². The average molecular weight is 500 g/mol. The van der Waals surface area contributed by atoms with E-state index in [0.717, 1.165) is 16.8 Å². The second-order valence-electron chi connectivity index (χ2n) is 7.32. The van der Waals surface area contributed by atoms with Crippen molar-refractivity contribution < 1.29 is 29.4 Å². The molecule has 2 aromatic rings. The first-order valence-electron chi connectivity index (χ1n) is 10.1. The third-order valence-electron chi connectivity index (χ3n) is 4.79. The molecule has 0 bridgehead atoms. The van der Waals surface area contributed by atoms with Gasteiger partial charge >= 0.3 is 11.9 Å². The van der Waals surface area contributed by atoms with Gasteiger partial charge in [-0.05, 0) is 47.9 Å². The zero-order chi connectivity index (χ0) is 24.7. The summed E-state index contributed by atoms with van der Waals surface area (Å²) in [4.78, 5) is 46.8. The van der Waals surface area contributed by atoms with E-state index in [1.165, 1.54) is 11.8 Å². The second-order valence-corrected chi connectivity index (χ2v) is 9.04. The number of carboxylic acids is 2. The second kappa shape index (κ2) is 11.4. The van der Waals surface area contributed by atoms with Gasteiger partial charge in [-0.1, -0.05) is 48.2 Å². The molecule has 34 heavy (non-hydrogen) atoms. The Morgan fingerprint density at radius 3 is 2.47 bits per heavy atom. The van der Waals surface area contributed by atoms with Crippen LogP contribution in [0.2, 0.25) is 0 Å². The van der Waals surface area contributed by atoms with Crippen molar-refractivity contribution in [3.8, 4) is 0 Å². The lowest BCUT2D eigenvalue weighted by Gasteiger charge is -2.14. The van der Waals surface area contributed by atoms with Gasteiger partial charge in [-0.25, -0.2) is 4.79 Å². The van der Waals surface area contributed by atoms with E-state index in [1.54, 1.807) is 24.3 Å². The SMILES string of the molecule is O=C(O)CC[C@@H](NC(=O)c1cccc(CNc2ccc(/C=C3/SC(=S)NC3=O)cc2)c1)C(=O)O. The zero-order valence-corrected chi connectivity index (χ0v) is 19.4. The summed E-state index contributed by atoms with van der Waals surface area (Å²) >= 11 is 6.19. The van der Waals surface area contributed by atoms with E-state index in [2.05, 4.69) is 16.0 Å². The van der Waals surface area contributed by atoms with Crippen LogP contribution < -0.4 is 16.0 Å². The fourth-order valence-electron chi connectivity index (χ4n) is 3.06. The number of nitrogens with one attached hydrogen (secondary N) is 3. The van der Waals surface area contributed by atoms with Crippen molar-refractivity contribution in [2.24, 2.45) is 0 Å². The standard InChI is InChI=1S/C23H21N3O6S2/c27-19(28)9-8-17(22(31)32)25-20(29)15-3-1-2-14(10-15)12-24-16-6-4-13(5-7-16)11-18-21(30)26-23(33)34-18/h1-7,10-11,17,24H,8-9,12H2,(H,25,29)(H,27,28)(H,31,32)(H,26,30,33)/b18-11+/t17-/m1/s1. The first kappa shape index (κ1) is 24.9. The highest BCUT2D eigenvalue weighted by Gasteiger charge is 2.22. The highest BCUT2D eigenvalue weighted by Crippen LogP contribution is 2.26. The smallest absolute Gasteiger partial charge is 0.326 e. The predicted octanol–water partition coefficient (Wildman–Crippen LogP) is 2.84. The van der Waals surface area contributed by atoms with E-state index in [9.17, 15) is 24.3 Å². The molecule has 176 valence electrons. The van der Waals surface area contributed by atoms with Crippen molar-refractivity contribution in [1.82, 2.24) is 10.6 Å². The van der Waals surface area contributed by atoms with Crippen LogP contribution in [0.15, 0.2) is 53.4 Å². The summed E-state index contributed by atoms with van der Waals surface area (Å²) in [5.74, 6) is -3.23. The number of thiocarbonyl (C=S) groups is 1. The lowest BCUT2D eigenvalue weighted by molar-refractivity contribution is -0.140. The summed E-state index contributed by atoms with van der Waals surface area (Å²) in [6, 6.07) is 12.8. The quantitative estimate of drug-likeness (QED) is 0.246. The number of benzene rings is 2. The van der Waals surface area contributed by atoms with E-state index in [1.807, 2.05) is 30.3 Å². The van der Waals surface area contributed by atoms with Gasteiger partial charge in [0, 0.05) is 24.2 Å². The van der Waals surface area contributed by atoms with Crippen molar-refractivity contribution in [2.45, 2.75) is 25.4 Å². The molecule has 3 rings (SSSR count). The molecular formula is C23H21N3O6S2. The first-order valence-corrected chi connectivity index (χ1v) is 11.4. The summed E-state index contributed by atoms with van der Waals surface area (Å²) < 4.78 is 0.434. The van der Waals surface area contributed by atoms with Gasteiger partial charge in [-0.15, -0.1) is 0 Å². The summed E-state index contributed by atoms with van der Waals surface area (Å²) in [5.41, 5.74) is 2.75. The topological polar surface area (TPSA) is 145 Å². The lowest BCUT2D eigenvalue weighted by Crippen LogP contribution is -2.41. The summed E-state index contributed by atoms with van der Waals surface area (Å²) in [7, 11) is 0. The molecule has 1 aliphatic rings. The Kier molecular flexibility index (Phi) is 8.39. The Morgan fingerprint density at radius 1 is 1.12 bits per heavy atom. The number of hydrogen-bond acceptors (Lipinski definition) is 7. The normalized spacial score (nSPS) is 15.0. The third kappa shape index (κ3) is 7.15. The molecule has 0 aromatic heterocycles. The Hall–Kier alpha value is -3.70. The predicted molar refractivity (Wildman–Crippen MR) is 132 cm³/mol. The van der Waals surface area contributed by atoms with Crippen LogP contribution in [-0.4, -0.2) is 44.3 Å². The number of thioether (sulfide) groups is 1. The number of aliphatic carboxylic acids is 2. The largest absolute Gasteiger partial charge is 0.481 e. The van der Waals surface area contributed by atoms with Gasteiger partial charge in [0.15, 0.2) is 0 Å². The number of carboxylic acid groups (broad SMARTS) is 2. The van der Waals surface area contributed by atoms with Crippen molar-refractivity contribution in [1.29, 1.82) is 0 Å². The molecule has 0 unspecified atom stereocenters. The van der Waals surface area contributed by atoms with E-state index >= 15 is 0 Å². The minimum absolute atomic E-state index is 0.208. The number of rotatable bonds is 10. The molecule has 11 heteroatoms. The van der Waals surface area contributed by atoms with Gasteiger partial charge in [0.2, 0.25) is 0 Å². The molecule has 9 nitrogen and oxygen atoms in total. The number of amides is 2. The van der Waals surface area contributed by atoms with Crippen LogP contribution >= 0.6 is 24.0 Å². The summed E-state index contributed by atoms with van der Waals surface area (Å²) in [5, 5.41) is 26.1. The summed E-state index contributed by atoms with van der Waals surface area (Å²) in [6.45, 7) is 0.412. The number of anilines is 1. The fourth-order valence-corrected chi connectivity index (χ4v) is 4.11. The fraction of sp³-hybridized carbons (Fsp3) is 0.174. The number of carbonyl (C=O) groups excluding carboxylic acids is 2. The van der Waals surface area contributed by atoms with Gasteiger partial charge in [0.05, 0.1) is 4.91 Å². The maximum Gasteiger partial charge on any atom is 0.326 e. The molecule has 1 atom stereocenters. The van der Waals surface area contributed by atoms with Crippen LogP contribution in [0.4, 0.5) is 5.69 Å². The maximum absolute atomic E-state index is 12.5. The molecule has 2 aromatic carbocycles. The average Bonchev–Trinajstić information content (AvgIpc) is 3.12. The van der Waals surface area contributed by atoms with Gasteiger partial charge in [-0.3, -0.25) is 14.4 Å². The van der Waals surface area contributed by atoms with Gasteiger partial charge in [0.25, 0.3) is 11.8 Å². The monoisotopic (exact) mass is 499 g/mol. The lowest BCUT2D eigenvalue weighted by atomic mass is 10.1. The molecular weight excluding hydrogens is 478 g/mol. The minimum atomic E-state index is -1.29. The zero-order valence-electron chi connectivity index (χ0n) is 17.7. The number of carbonyl (C=O) groups is 4. The number of hydrogen-bond donors (Lipinski definition) is 5. The molecule has 1 saturated heterocycles. The third-order valence-corrected chi connectivity index (χ3v) is 5.95. The molecule has 1 heterocycles. The highest BCUT2D eigenvalue weighted by atomic mass is 32.2. The van der Waals surface area contributed by atoms with Gasteiger partial charge in [-0.2, -0.15) is 0 Å². The molecule has 2 amide bonds. The van der Waals surface area contributed by atoms with Crippen molar-refractivity contribution in [3.05, 3.63) is 70.1 Å². The van der Waals surface area contributed by atoms with E-state index in [0.29, 0.717) is 15.8 Å². The molecule has 1 aliphatic heterocycles. The van der Waals surface area contributed by atoms with Crippen LogP contribution in [0.25, 0.3) is 6.08 Å². The van der Waals surface area contributed by atoms with Gasteiger partial charge < -0.3 is 26.2 Å². The van der Waals surface area contributed by atoms with Crippen LogP contribution in [0.5, 0.6) is 0 Å². The van der Waals surface area contributed by atoms with E-state index in [4.69, 9.17) is 17.3 Å². The maximum atomic E-state index is 12.5. The summed E-state index contributed by atoms with van der Waals surface area (Å²) in [6.07, 6.45) is 1.18. The molecule has 1 fully saturated rings. The molecule has 0 spiro atoms. The van der Waals surface area contributed by atoms with Crippen LogP contribution in [-0.2, 0) is 20.9 Å². The van der Waals surface area contributed by atoms with Crippen LogP contribution in [0, 0.1) is 0 Å². The van der Waals surface area contributed by atoms with Crippen molar-refractivity contribution >= 4 is 63.8 Å². The van der Waals surface area contributed by atoms with E-state index in [-0.39, 0.29) is 24.3 Å². The minimum Gasteiger partial charge on any atom is -0.481 e. The Bertz CT molecular complexity index is 1160.